The lowest BCUT2D eigenvalue weighted by Crippen LogP contribution is -2.14. The first-order valence-corrected chi connectivity index (χ1v) is 7.43. The summed E-state index contributed by atoms with van der Waals surface area (Å²) in [5, 5.41) is 2.86. The standard InChI is InChI=1S/C18H22N2O3/c1-11(2)23-16-8-6-13(9-17(16)22-4)18(21)20-15-10-14(19)7-5-12(15)3/h5-11H,19H2,1-4H3,(H,20,21). The van der Waals surface area contributed by atoms with Gasteiger partial charge in [0.2, 0.25) is 0 Å². The fraction of sp³-hybridized carbons (Fsp3) is 0.278. The average molecular weight is 314 g/mol. The summed E-state index contributed by atoms with van der Waals surface area (Å²) in [5.74, 6) is 0.905. The van der Waals surface area contributed by atoms with Crippen LogP contribution in [0.15, 0.2) is 36.4 Å². The van der Waals surface area contributed by atoms with Crippen molar-refractivity contribution in [3.05, 3.63) is 47.5 Å². The topological polar surface area (TPSA) is 73.6 Å². The number of benzene rings is 2. The predicted molar refractivity (Wildman–Crippen MR) is 92.3 cm³/mol. The molecule has 5 heteroatoms. The number of hydrogen-bond acceptors (Lipinski definition) is 4. The number of amides is 1. The van der Waals surface area contributed by atoms with Crippen molar-refractivity contribution < 1.29 is 14.3 Å². The highest BCUT2D eigenvalue weighted by Crippen LogP contribution is 2.29. The van der Waals surface area contributed by atoms with Crippen molar-refractivity contribution in [1.29, 1.82) is 0 Å². The van der Waals surface area contributed by atoms with E-state index < -0.39 is 0 Å². The number of nitrogen functional groups attached to an aromatic ring is 1. The number of aryl methyl sites for hydroxylation is 1. The van der Waals surface area contributed by atoms with Crippen molar-refractivity contribution in [2.45, 2.75) is 26.9 Å². The molecule has 3 N–H and O–H groups in total. The van der Waals surface area contributed by atoms with Gasteiger partial charge in [-0.2, -0.15) is 0 Å². The molecule has 0 unspecified atom stereocenters. The van der Waals surface area contributed by atoms with E-state index in [0.29, 0.717) is 28.4 Å². The summed E-state index contributed by atoms with van der Waals surface area (Å²) < 4.78 is 11.0. The Balaban J connectivity index is 2.24. The van der Waals surface area contributed by atoms with E-state index in [1.165, 1.54) is 0 Å². The Labute approximate surface area is 136 Å². The zero-order valence-corrected chi connectivity index (χ0v) is 13.8. The lowest BCUT2D eigenvalue weighted by molar-refractivity contribution is 0.102. The molecule has 0 saturated heterocycles. The molecule has 0 fully saturated rings. The largest absolute Gasteiger partial charge is 0.493 e. The van der Waals surface area contributed by atoms with Crippen molar-refractivity contribution in [2.75, 3.05) is 18.2 Å². The van der Waals surface area contributed by atoms with Gasteiger partial charge in [0, 0.05) is 16.9 Å². The molecule has 0 aliphatic rings. The molecule has 2 aromatic rings. The molecule has 0 aromatic heterocycles. The molecule has 122 valence electrons. The first-order chi connectivity index (χ1) is 10.9. The van der Waals surface area contributed by atoms with E-state index in [0.717, 1.165) is 5.56 Å². The Morgan fingerprint density at radius 3 is 2.52 bits per heavy atom. The molecule has 0 aliphatic carbocycles. The van der Waals surface area contributed by atoms with Gasteiger partial charge in [0.25, 0.3) is 5.91 Å². The van der Waals surface area contributed by atoms with Crippen molar-refractivity contribution in [3.8, 4) is 11.5 Å². The maximum atomic E-state index is 12.4. The molecule has 1 amide bonds. The van der Waals surface area contributed by atoms with Gasteiger partial charge >= 0.3 is 0 Å². The molecule has 0 atom stereocenters. The molecule has 0 aliphatic heterocycles. The molecule has 5 nitrogen and oxygen atoms in total. The van der Waals surface area contributed by atoms with Crippen LogP contribution in [0.3, 0.4) is 0 Å². The minimum atomic E-state index is -0.229. The molecular weight excluding hydrogens is 292 g/mol. The molecular formula is C18H22N2O3. The second kappa shape index (κ2) is 7.05. The van der Waals surface area contributed by atoms with Crippen LogP contribution in [0.1, 0.15) is 29.8 Å². The minimum absolute atomic E-state index is 0.0264. The van der Waals surface area contributed by atoms with Gasteiger partial charge in [-0.15, -0.1) is 0 Å². The highest BCUT2D eigenvalue weighted by Gasteiger charge is 2.13. The molecule has 0 radical (unpaired) electrons. The van der Waals surface area contributed by atoms with Gasteiger partial charge in [0.05, 0.1) is 13.2 Å². The summed E-state index contributed by atoms with van der Waals surface area (Å²) in [4.78, 5) is 12.4. The van der Waals surface area contributed by atoms with Crippen LogP contribution in [0, 0.1) is 6.92 Å². The number of nitrogens with one attached hydrogen (secondary N) is 1. The number of nitrogens with two attached hydrogens (primary N) is 1. The van der Waals surface area contributed by atoms with E-state index >= 15 is 0 Å². The van der Waals surface area contributed by atoms with E-state index in [-0.39, 0.29) is 12.0 Å². The van der Waals surface area contributed by atoms with Gasteiger partial charge in [0.1, 0.15) is 0 Å². The van der Waals surface area contributed by atoms with E-state index in [4.69, 9.17) is 15.2 Å². The molecule has 0 bridgehead atoms. The van der Waals surface area contributed by atoms with Crippen LogP contribution in [-0.2, 0) is 0 Å². The van der Waals surface area contributed by atoms with Crippen molar-refractivity contribution >= 4 is 17.3 Å². The lowest BCUT2D eigenvalue weighted by Gasteiger charge is -2.15. The third-order valence-electron chi connectivity index (χ3n) is 3.30. The van der Waals surface area contributed by atoms with Gasteiger partial charge in [-0.1, -0.05) is 6.07 Å². The van der Waals surface area contributed by atoms with Crippen molar-refractivity contribution in [1.82, 2.24) is 0 Å². The number of rotatable bonds is 5. The van der Waals surface area contributed by atoms with Crippen LogP contribution >= 0.6 is 0 Å². The summed E-state index contributed by atoms with van der Waals surface area (Å²) in [6.45, 7) is 5.78. The fourth-order valence-corrected chi connectivity index (χ4v) is 2.13. The monoisotopic (exact) mass is 314 g/mol. The number of ether oxygens (including phenoxy) is 2. The van der Waals surface area contributed by atoms with Gasteiger partial charge in [0.15, 0.2) is 11.5 Å². The van der Waals surface area contributed by atoms with Gasteiger partial charge in [-0.25, -0.2) is 0 Å². The quantitative estimate of drug-likeness (QED) is 0.827. The third kappa shape index (κ3) is 4.16. The van der Waals surface area contributed by atoms with Crippen molar-refractivity contribution in [3.63, 3.8) is 0 Å². The smallest absolute Gasteiger partial charge is 0.255 e. The van der Waals surface area contributed by atoms with Gasteiger partial charge in [-0.3, -0.25) is 4.79 Å². The number of hydrogen-bond donors (Lipinski definition) is 2. The maximum Gasteiger partial charge on any atom is 0.255 e. The number of anilines is 2. The summed E-state index contributed by atoms with van der Waals surface area (Å²) in [5.41, 5.74) is 8.49. The molecule has 0 spiro atoms. The van der Waals surface area contributed by atoms with Crippen LogP contribution in [-0.4, -0.2) is 19.1 Å². The van der Waals surface area contributed by atoms with Gasteiger partial charge < -0.3 is 20.5 Å². The number of methoxy groups -OCH3 is 1. The Bertz CT molecular complexity index is 711. The molecule has 0 saturated carbocycles. The Hall–Kier alpha value is -2.69. The summed E-state index contributed by atoms with van der Waals surface area (Å²) in [6, 6.07) is 10.5. The first-order valence-electron chi connectivity index (χ1n) is 7.43. The predicted octanol–water partition coefficient (Wildman–Crippen LogP) is 3.63. The fourth-order valence-electron chi connectivity index (χ4n) is 2.13. The highest BCUT2D eigenvalue weighted by atomic mass is 16.5. The molecule has 0 heterocycles. The second-order valence-corrected chi connectivity index (χ2v) is 5.56. The van der Waals surface area contributed by atoms with E-state index in [9.17, 15) is 4.79 Å². The first kappa shape index (κ1) is 16.7. The van der Waals surface area contributed by atoms with Crippen LogP contribution < -0.4 is 20.5 Å². The molecule has 2 rings (SSSR count). The van der Waals surface area contributed by atoms with Gasteiger partial charge in [-0.05, 0) is 56.7 Å². The van der Waals surface area contributed by atoms with Crippen LogP contribution in [0.2, 0.25) is 0 Å². The van der Waals surface area contributed by atoms with Crippen molar-refractivity contribution in [2.24, 2.45) is 0 Å². The molecule has 2 aromatic carbocycles. The Morgan fingerprint density at radius 2 is 1.87 bits per heavy atom. The summed E-state index contributed by atoms with van der Waals surface area (Å²) in [7, 11) is 1.55. The average Bonchev–Trinajstić information content (AvgIpc) is 2.50. The lowest BCUT2D eigenvalue weighted by atomic mass is 10.1. The van der Waals surface area contributed by atoms with E-state index in [2.05, 4.69) is 5.32 Å². The molecule has 23 heavy (non-hydrogen) atoms. The number of carbonyl (C=O) groups is 1. The Morgan fingerprint density at radius 1 is 1.13 bits per heavy atom. The zero-order valence-electron chi connectivity index (χ0n) is 13.8. The van der Waals surface area contributed by atoms with E-state index in [1.807, 2.05) is 26.8 Å². The van der Waals surface area contributed by atoms with E-state index in [1.54, 1.807) is 37.4 Å². The van der Waals surface area contributed by atoms with Crippen LogP contribution in [0.5, 0.6) is 11.5 Å². The second-order valence-electron chi connectivity index (χ2n) is 5.56. The number of carbonyl (C=O) groups excluding carboxylic acids is 1. The zero-order chi connectivity index (χ0) is 17.0. The summed E-state index contributed by atoms with van der Waals surface area (Å²) in [6.07, 6.45) is 0.0264. The SMILES string of the molecule is COc1cc(C(=O)Nc2cc(N)ccc2C)ccc1OC(C)C. The minimum Gasteiger partial charge on any atom is -0.493 e. The van der Waals surface area contributed by atoms with Crippen LogP contribution in [0.25, 0.3) is 0 Å². The third-order valence-corrected chi connectivity index (χ3v) is 3.30. The highest BCUT2D eigenvalue weighted by molar-refractivity contribution is 6.05. The maximum absolute atomic E-state index is 12.4. The summed E-state index contributed by atoms with van der Waals surface area (Å²) >= 11 is 0. The Kier molecular flexibility index (Phi) is 5.11. The van der Waals surface area contributed by atoms with Crippen LogP contribution in [0.4, 0.5) is 11.4 Å². The normalized spacial score (nSPS) is 10.5.